The zero-order valence-corrected chi connectivity index (χ0v) is 17.0. The summed E-state index contributed by atoms with van der Waals surface area (Å²) in [4.78, 5) is 16.7. The molecule has 142 valence electrons. The molecular formula is C18H14ClN5O2S2. The molecule has 0 aliphatic rings. The Kier molecular flexibility index (Phi) is 5.47. The van der Waals surface area contributed by atoms with E-state index < -0.39 is 0 Å². The molecule has 0 aliphatic heterocycles. The summed E-state index contributed by atoms with van der Waals surface area (Å²) in [5.41, 5.74) is 1.94. The van der Waals surface area contributed by atoms with Crippen molar-refractivity contribution in [2.45, 2.75) is 10.1 Å². The van der Waals surface area contributed by atoms with Crippen molar-refractivity contribution in [3.8, 4) is 5.75 Å². The molecule has 0 atom stereocenters. The number of nitrogens with one attached hydrogen (secondary N) is 1. The van der Waals surface area contributed by atoms with Crippen LogP contribution in [0.4, 0.5) is 10.8 Å². The molecule has 10 heteroatoms. The number of thioether (sulfide) groups is 1. The third-order valence-corrected chi connectivity index (χ3v) is 5.98. The average Bonchev–Trinajstić information content (AvgIpc) is 3.14. The predicted molar refractivity (Wildman–Crippen MR) is 112 cm³/mol. The molecule has 0 aliphatic carbocycles. The lowest BCUT2D eigenvalue weighted by Crippen LogP contribution is -2.14. The Labute approximate surface area is 173 Å². The number of ether oxygens (including phenoxy) is 1. The van der Waals surface area contributed by atoms with E-state index in [1.54, 1.807) is 25.4 Å². The number of anilines is 2. The number of rotatable bonds is 6. The summed E-state index contributed by atoms with van der Waals surface area (Å²) in [5.74, 6) is 1.28. The topological polar surface area (TPSA) is 81.4 Å². The van der Waals surface area contributed by atoms with Crippen LogP contribution in [-0.2, 0) is 5.75 Å². The van der Waals surface area contributed by atoms with E-state index in [1.165, 1.54) is 33.6 Å². The summed E-state index contributed by atoms with van der Waals surface area (Å²) in [6, 6.07) is 12.5. The fraction of sp³-hybridized carbons (Fsp3) is 0.111. The number of fused-ring (bicyclic) bond motifs is 1. The van der Waals surface area contributed by atoms with Crippen LogP contribution in [-0.4, -0.2) is 26.7 Å². The minimum atomic E-state index is -0.166. The van der Waals surface area contributed by atoms with Gasteiger partial charge in [-0.15, -0.1) is 10.2 Å². The highest BCUT2D eigenvalue weighted by Gasteiger charge is 2.08. The molecule has 3 heterocycles. The Morgan fingerprint density at radius 3 is 3.00 bits per heavy atom. The van der Waals surface area contributed by atoms with E-state index in [4.69, 9.17) is 16.3 Å². The first-order valence-corrected chi connectivity index (χ1v) is 10.3. The molecule has 1 aromatic carbocycles. The van der Waals surface area contributed by atoms with Gasteiger partial charge in [-0.05, 0) is 24.3 Å². The summed E-state index contributed by atoms with van der Waals surface area (Å²) in [7, 11) is 1.63. The zero-order valence-electron chi connectivity index (χ0n) is 14.6. The molecule has 0 amide bonds. The van der Waals surface area contributed by atoms with Crippen LogP contribution in [0.15, 0.2) is 57.8 Å². The summed E-state index contributed by atoms with van der Waals surface area (Å²) in [5, 5.41) is 12.7. The molecule has 0 fully saturated rings. The van der Waals surface area contributed by atoms with Gasteiger partial charge in [-0.2, -0.15) is 0 Å². The van der Waals surface area contributed by atoms with E-state index in [9.17, 15) is 4.79 Å². The van der Waals surface area contributed by atoms with Crippen LogP contribution < -0.4 is 15.6 Å². The van der Waals surface area contributed by atoms with Crippen molar-refractivity contribution in [3.63, 3.8) is 0 Å². The van der Waals surface area contributed by atoms with Crippen LogP contribution in [0.5, 0.6) is 5.75 Å². The zero-order chi connectivity index (χ0) is 19.5. The van der Waals surface area contributed by atoms with Gasteiger partial charge in [0.25, 0.3) is 5.56 Å². The number of nitrogens with zero attached hydrogens (tertiary/aromatic N) is 4. The summed E-state index contributed by atoms with van der Waals surface area (Å²) in [6.07, 6.45) is 1.56. The number of methoxy groups -OCH3 is 1. The van der Waals surface area contributed by atoms with Crippen LogP contribution in [0, 0.1) is 0 Å². The van der Waals surface area contributed by atoms with Crippen LogP contribution in [0.2, 0.25) is 5.02 Å². The second-order valence-corrected chi connectivity index (χ2v) is 8.32. The van der Waals surface area contributed by atoms with E-state index in [-0.39, 0.29) is 5.56 Å². The molecule has 0 saturated carbocycles. The summed E-state index contributed by atoms with van der Waals surface area (Å²) in [6.45, 7) is 0. The molecule has 0 spiro atoms. The van der Waals surface area contributed by atoms with Gasteiger partial charge in [0.05, 0.1) is 17.8 Å². The number of benzene rings is 1. The second-order valence-electron chi connectivity index (χ2n) is 5.68. The van der Waals surface area contributed by atoms with Crippen molar-refractivity contribution in [1.29, 1.82) is 0 Å². The highest BCUT2D eigenvalue weighted by molar-refractivity contribution is 8.00. The minimum Gasteiger partial charge on any atom is -0.497 e. The molecule has 3 aromatic heterocycles. The van der Waals surface area contributed by atoms with Gasteiger partial charge >= 0.3 is 0 Å². The largest absolute Gasteiger partial charge is 0.497 e. The van der Waals surface area contributed by atoms with E-state index in [0.29, 0.717) is 27.2 Å². The lowest BCUT2D eigenvalue weighted by molar-refractivity contribution is 0.415. The molecule has 28 heavy (non-hydrogen) atoms. The predicted octanol–water partition coefficient (Wildman–Crippen LogP) is 4.24. The van der Waals surface area contributed by atoms with Crippen molar-refractivity contribution in [3.05, 3.63) is 69.7 Å². The van der Waals surface area contributed by atoms with Crippen molar-refractivity contribution in [2.75, 3.05) is 12.4 Å². The van der Waals surface area contributed by atoms with Crippen molar-refractivity contribution >= 4 is 51.2 Å². The van der Waals surface area contributed by atoms with Gasteiger partial charge in [0.2, 0.25) is 5.13 Å². The molecular weight excluding hydrogens is 418 g/mol. The van der Waals surface area contributed by atoms with Gasteiger partial charge in [0.1, 0.15) is 11.4 Å². The van der Waals surface area contributed by atoms with Crippen molar-refractivity contribution in [2.24, 2.45) is 0 Å². The van der Waals surface area contributed by atoms with Crippen LogP contribution in [0.1, 0.15) is 5.69 Å². The van der Waals surface area contributed by atoms with E-state index in [0.717, 1.165) is 15.8 Å². The van der Waals surface area contributed by atoms with Crippen molar-refractivity contribution < 1.29 is 4.74 Å². The Morgan fingerprint density at radius 2 is 2.14 bits per heavy atom. The first-order valence-electron chi connectivity index (χ1n) is 8.16. The highest BCUT2D eigenvalue weighted by Crippen LogP contribution is 2.30. The van der Waals surface area contributed by atoms with Gasteiger partial charge in [-0.25, -0.2) is 4.98 Å². The smallest absolute Gasteiger partial charge is 0.258 e. The van der Waals surface area contributed by atoms with Gasteiger partial charge in [0, 0.05) is 29.8 Å². The first-order chi connectivity index (χ1) is 13.6. The molecule has 0 bridgehead atoms. The molecule has 0 radical (unpaired) electrons. The Hall–Kier alpha value is -2.62. The summed E-state index contributed by atoms with van der Waals surface area (Å²) < 4.78 is 7.42. The van der Waals surface area contributed by atoms with Crippen molar-refractivity contribution in [1.82, 2.24) is 19.6 Å². The fourth-order valence-corrected chi connectivity index (χ4v) is 4.30. The molecule has 1 N–H and O–H groups in total. The van der Waals surface area contributed by atoms with E-state index in [1.807, 2.05) is 24.3 Å². The molecule has 4 aromatic rings. The van der Waals surface area contributed by atoms with Gasteiger partial charge in [-0.1, -0.05) is 40.8 Å². The number of aromatic nitrogens is 4. The monoisotopic (exact) mass is 431 g/mol. The molecule has 7 nitrogen and oxygen atoms in total. The Balaban J connectivity index is 1.45. The van der Waals surface area contributed by atoms with Gasteiger partial charge in [-0.3, -0.25) is 9.20 Å². The maximum Gasteiger partial charge on any atom is 0.258 e. The lowest BCUT2D eigenvalue weighted by Gasteiger charge is -2.04. The number of halogens is 1. The quantitative estimate of drug-likeness (QED) is 0.457. The maximum atomic E-state index is 12.2. The van der Waals surface area contributed by atoms with E-state index in [2.05, 4.69) is 20.5 Å². The standard InChI is InChI=1S/C18H14ClN5O2S2/c1-26-14-4-2-3-12(7-14)21-17-22-23-18(28-17)27-10-13-8-16(25)24-9-11(19)5-6-15(24)20-13/h2-9H,10H2,1H3,(H,21,22). The lowest BCUT2D eigenvalue weighted by atomic mass is 10.3. The van der Waals surface area contributed by atoms with Crippen LogP contribution in [0.25, 0.3) is 5.65 Å². The molecule has 0 saturated heterocycles. The van der Waals surface area contributed by atoms with Gasteiger partial charge in [0.15, 0.2) is 4.34 Å². The summed E-state index contributed by atoms with van der Waals surface area (Å²) >= 11 is 8.84. The Bertz CT molecular complexity index is 1190. The average molecular weight is 432 g/mol. The third kappa shape index (κ3) is 4.27. The number of pyridine rings is 1. The number of hydrogen-bond donors (Lipinski definition) is 1. The molecule has 4 rings (SSSR count). The Morgan fingerprint density at radius 1 is 1.25 bits per heavy atom. The van der Waals surface area contributed by atoms with Gasteiger partial charge < -0.3 is 10.1 Å². The highest BCUT2D eigenvalue weighted by atomic mass is 35.5. The third-order valence-electron chi connectivity index (χ3n) is 3.75. The molecule has 0 unspecified atom stereocenters. The van der Waals surface area contributed by atoms with E-state index >= 15 is 0 Å². The normalized spacial score (nSPS) is 10.9. The number of hydrogen-bond acceptors (Lipinski definition) is 8. The van der Waals surface area contributed by atoms with Crippen LogP contribution in [0.3, 0.4) is 0 Å². The maximum absolute atomic E-state index is 12.2. The van der Waals surface area contributed by atoms with Crippen LogP contribution >= 0.6 is 34.7 Å². The fourth-order valence-electron chi connectivity index (χ4n) is 2.48. The SMILES string of the molecule is COc1cccc(Nc2nnc(SCc3cc(=O)n4cc(Cl)ccc4n3)s2)c1. The minimum absolute atomic E-state index is 0.166. The second kappa shape index (κ2) is 8.17. The first kappa shape index (κ1) is 18.7.